The van der Waals surface area contributed by atoms with E-state index < -0.39 is 0 Å². The van der Waals surface area contributed by atoms with Crippen LogP contribution in [0.1, 0.15) is 23.6 Å². The molecule has 1 aromatic carbocycles. The lowest BCUT2D eigenvalue weighted by Gasteiger charge is -2.29. The van der Waals surface area contributed by atoms with Crippen molar-refractivity contribution in [1.29, 1.82) is 0 Å². The molecule has 1 aliphatic rings. The molecule has 2 atom stereocenters. The van der Waals surface area contributed by atoms with E-state index in [2.05, 4.69) is 24.3 Å². The van der Waals surface area contributed by atoms with Crippen LogP contribution in [0, 0.1) is 5.92 Å². The molecule has 2 unspecified atom stereocenters. The first kappa shape index (κ1) is 8.73. The smallest absolute Gasteiger partial charge is 0.0338 e. The Hall–Kier alpha value is -0.860. The number of benzene rings is 1. The second kappa shape index (κ2) is 3.48. The molecule has 0 radical (unpaired) electrons. The minimum Gasteiger partial charge on any atom is -0.330 e. The molecule has 0 saturated heterocycles. The zero-order chi connectivity index (χ0) is 9.26. The molecule has 0 spiro atoms. The average molecular weight is 176 g/mol. The highest BCUT2D eigenvalue weighted by molar-refractivity contribution is 5.32. The second-order valence-electron chi connectivity index (χ2n) is 3.76. The van der Waals surface area contributed by atoms with Crippen LogP contribution in [0.4, 0.5) is 0 Å². The Balaban J connectivity index is 2.33. The van der Waals surface area contributed by atoms with Crippen LogP contribution in [-0.4, -0.2) is 6.54 Å². The highest BCUT2D eigenvalue weighted by Gasteiger charge is 2.24. The Labute approximate surface area is 78.9 Å². The monoisotopic (exact) mass is 176 g/mol. The van der Waals surface area contributed by atoms with Gasteiger partial charge in [0, 0.05) is 6.04 Å². The van der Waals surface area contributed by atoms with Gasteiger partial charge >= 0.3 is 0 Å². The van der Waals surface area contributed by atoms with Crippen molar-refractivity contribution >= 4 is 0 Å². The third-order valence-electron chi connectivity index (χ3n) is 3.01. The Morgan fingerprint density at radius 1 is 1.31 bits per heavy atom. The van der Waals surface area contributed by atoms with Crippen molar-refractivity contribution in [1.82, 2.24) is 0 Å². The Morgan fingerprint density at radius 2 is 2.08 bits per heavy atom. The Bertz CT molecular complexity index is 296. The third-order valence-corrected chi connectivity index (χ3v) is 3.01. The van der Waals surface area contributed by atoms with Crippen molar-refractivity contribution in [3.8, 4) is 0 Å². The van der Waals surface area contributed by atoms with Crippen molar-refractivity contribution < 1.29 is 0 Å². The van der Waals surface area contributed by atoms with Gasteiger partial charge in [0.2, 0.25) is 0 Å². The second-order valence-corrected chi connectivity index (χ2v) is 3.76. The van der Waals surface area contributed by atoms with Gasteiger partial charge in [0.1, 0.15) is 0 Å². The maximum absolute atomic E-state index is 6.12. The third kappa shape index (κ3) is 1.47. The van der Waals surface area contributed by atoms with Gasteiger partial charge in [0.25, 0.3) is 0 Å². The van der Waals surface area contributed by atoms with Gasteiger partial charge in [-0.2, -0.15) is 0 Å². The van der Waals surface area contributed by atoms with Crippen molar-refractivity contribution in [2.45, 2.75) is 18.9 Å². The van der Waals surface area contributed by atoms with Gasteiger partial charge in [-0.3, -0.25) is 0 Å². The summed E-state index contributed by atoms with van der Waals surface area (Å²) >= 11 is 0. The standard InChI is InChI=1S/C11H16N2/c12-7-9-6-5-8-3-1-2-4-10(8)11(9)13/h1-4,9,11H,5-7,12-13H2. The van der Waals surface area contributed by atoms with Crippen LogP contribution in [0.2, 0.25) is 0 Å². The molecule has 0 saturated carbocycles. The topological polar surface area (TPSA) is 52.0 Å². The number of fused-ring (bicyclic) bond motifs is 1. The maximum Gasteiger partial charge on any atom is 0.0338 e. The molecule has 0 aromatic heterocycles. The predicted molar refractivity (Wildman–Crippen MR) is 54.2 cm³/mol. The molecule has 0 bridgehead atoms. The minimum atomic E-state index is 0.148. The molecular weight excluding hydrogens is 160 g/mol. The number of hydrogen-bond acceptors (Lipinski definition) is 2. The number of aryl methyl sites for hydroxylation is 1. The first-order chi connectivity index (χ1) is 6.33. The van der Waals surface area contributed by atoms with Gasteiger partial charge in [-0.25, -0.2) is 0 Å². The fourth-order valence-corrected chi connectivity index (χ4v) is 2.13. The SMILES string of the molecule is NCC1CCc2ccccc2C1N. The van der Waals surface area contributed by atoms with Crippen LogP contribution in [0.3, 0.4) is 0 Å². The summed E-state index contributed by atoms with van der Waals surface area (Å²) in [6.07, 6.45) is 2.26. The maximum atomic E-state index is 6.12. The van der Waals surface area contributed by atoms with Gasteiger partial charge in [0.05, 0.1) is 0 Å². The van der Waals surface area contributed by atoms with E-state index in [0.717, 1.165) is 12.8 Å². The number of hydrogen-bond donors (Lipinski definition) is 2. The Morgan fingerprint density at radius 3 is 2.85 bits per heavy atom. The molecule has 70 valence electrons. The van der Waals surface area contributed by atoms with Crippen molar-refractivity contribution in [3.63, 3.8) is 0 Å². The first-order valence-corrected chi connectivity index (χ1v) is 4.86. The van der Waals surface area contributed by atoms with Crippen molar-refractivity contribution in [2.75, 3.05) is 6.54 Å². The number of nitrogens with two attached hydrogens (primary N) is 2. The zero-order valence-corrected chi connectivity index (χ0v) is 7.74. The van der Waals surface area contributed by atoms with E-state index in [4.69, 9.17) is 11.5 Å². The molecule has 0 aliphatic heterocycles. The number of rotatable bonds is 1. The van der Waals surface area contributed by atoms with Crippen LogP contribution in [0.5, 0.6) is 0 Å². The summed E-state index contributed by atoms with van der Waals surface area (Å²) in [7, 11) is 0. The van der Waals surface area contributed by atoms with Gasteiger partial charge in [-0.15, -0.1) is 0 Å². The fourth-order valence-electron chi connectivity index (χ4n) is 2.13. The molecule has 13 heavy (non-hydrogen) atoms. The summed E-state index contributed by atoms with van der Waals surface area (Å²) in [4.78, 5) is 0. The molecule has 0 amide bonds. The van der Waals surface area contributed by atoms with Crippen molar-refractivity contribution in [3.05, 3.63) is 35.4 Å². The van der Waals surface area contributed by atoms with E-state index in [9.17, 15) is 0 Å². The van der Waals surface area contributed by atoms with Crippen LogP contribution >= 0.6 is 0 Å². The van der Waals surface area contributed by atoms with E-state index in [-0.39, 0.29) is 6.04 Å². The molecule has 0 heterocycles. The van der Waals surface area contributed by atoms with Gasteiger partial charge in [-0.1, -0.05) is 24.3 Å². The van der Waals surface area contributed by atoms with E-state index in [0.29, 0.717) is 12.5 Å². The van der Waals surface area contributed by atoms with E-state index in [1.165, 1.54) is 11.1 Å². The van der Waals surface area contributed by atoms with E-state index in [1.54, 1.807) is 0 Å². The minimum absolute atomic E-state index is 0.148. The van der Waals surface area contributed by atoms with Crippen molar-refractivity contribution in [2.24, 2.45) is 17.4 Å². The summed E-state index contributed by atoms with van der Waals surface area (Å²) in [5.74, 6) is 0.467. The summed E-state index contributed by atoms with van der Waals surface area (Å²) in [5.41, 5.74) is 14.5. The van der Waals surface area contributed by atoms with Crippen LogP contribution in [-0.2, 0) is 6.42 Å². The normalized spacial score (nSPS) is 26.9. The molecule has 1 aromatic rings. The summed E-state index contributed by atoms with van der Waals surface area (Å²) < 4.78 is 0. The van der Waals surface area contributed by atoms with Gasteiger partial charge < -0.3 is 11.5 Å². The molecule has 2 nitrogen and oxygen atoms in total. The first-order valence-electron chi connectivity index (χ1n) is 4.86. The average Bonchev–Trinajstić information content (AvgIpc) is 2.19. The summed E-state index contributed by atoms with van der Waals surface area (Å²) in [6.45, 7) is 0.704. The summed E-state index contributed by atoms with van der Waals surface area (Å²) in [5, 5.41) is 0. The van der Waals surface area contributed by atoms with E-state index >= 15 is 0 Å². The van der Waals surface area contributed by atoms with Gasteiger partial charge in [-0.05, 0) is 36.4 Å². The zero-order valence-electron chi connectivity index (χ0n) is 7.74. The summed E-state index contributed by atoms with van der Waals surface area (Å²) in [6, 6.07) is 8.57. The van der Waals surface area contributed by atoms with E-state index in [1.807, 2.05) is 0 Å². The lowest BCUT2D eigenvalue weighted by molar-refractivity contribution is 0.388. The molecule has 2 rings (SSSR count). The predicted octanol–water partition coefficient (Wildman–Crippen LogP) is 1.21. The van der Waals surface area contributed by atoms with Crippen LogP contribution in [0.25, 0.3) is 0 Å². The van der Waals surface area contributed by atoms with Crippen LogP contribution in [0.15, 0.2) is 24.3 Å². The molecule has 2 heteroatoms. The molecule has 0 fully saturated rings. The highest BCUT2D eigenvalue weighted by Crippen LogP contribution is 2.31. The Kier molecular flexibility index (Phi) is 2.34. The molecule has 1 aliphatic carbocycles. The molecular formula is C11H16N2. The fraction of sp³-hybridized carbons (Fsp3) is 0.455. The lowest BCUT2D eigenvalue weighted by atomic mass is 9.80. The molecule has 4 N–H and O–H groups in total. The quantitative estimate of drug-likeness (QED) is 0.675. The van der Waals surface area contributed by atoms with Crippen LogP contribution < -0.4 is 11.5 Å². The van der Waals surface area contributed by atoms with Gasteiger partial charge in [0.15, 0.2) is 0 Å². The highest BCUT2D eigenvalue weighted by atomic mass is 14.7. The lowest BCUT2D eigenvalue weighted by Crippen LogP contribution is -2.32. The largest absolute Gasteiger partial charge is 0.330 e.